The summed E-state index contributed by atoms with van der Waals surface area (Å²) in [7, 11) is -7.05. The van der Waals surface area contributed by atoms with E-state index in [4.69, 9.17) is 0 Å². The van der Waals surface area contributed by atoms with Gasteiger partial charge < -0.3 is 10.2 Å². The highest BCUT2D eigenvalue weighted by Gasteiger charge is 2.26. The van der Waals surface area contributed by atoms with E-state index >= 15 is 0 Å². The molecule has 2 aliphatic rings. The zero-order chi connectivity index (χ0) is 22.9. The number of nitrogens with one attached hydrogen (secondary N) is 1. The van der Waals surface area contributed by atoms with Crippen LogP contribution in [0.15, 0.2) is 62.7 Å². The Morgan fingerprint density at radius 2 is 1.75 bits per heavy atom. The van der Waals surface area contributed by atoms with Crippen LogP contribution in [0.5, 0.6) is 0 Å². The first-order chi connectivity index (χ1) is 15.1. The van der Waals surface area contributed by atoms with Crippen LogP contribution in [0, 0.1) is 0 Å². The van der Waals surface area contributed by atoms with Gasteiger partial charge >= 0.3 is 0 Å². The van der Waals surface area contributed by atoms with Crippen molar-refractivity contribution in [3.63, 3.8) is 0 Å². The lowest BCUT2D eigenvalue weighted by atomic mass is 10.2. The minimum Gasteiger partial charge on any atom is -0.341 e. The summed E-state index contributed by atoms with van der Waals surface area (Å²) in [6, 6.07) is 12.6. The van der Waals surface area contributed by atoms with Gasteiger partial charge in [0.25, 0.3) is 15.9 Å². The fraction of sp³-hybridized carbons (Fsp3) is 0.333. The molecule has 0 saturated carbocycles. The number of sulfonamides is 1. The number of carbonyl (C=O) groups is 1. The molecule has 170 valence electrons. The highest BCUT2D eigenvalue weighted by atomic mass is 32.2. The molecule has 0 unspecified atom stereocenters. The number of benzene rings is 2. The first-order valence-electron chi connectivity index (χ1n) is 10.2. The van der Waals surface area contributed by atoms with Crippen LogP contribution in [0.4, 0.5) is 5.69 Å². The lowest BCUT2D eigenvalue weighted by Crippen LogP contribution is -2.39. The number of hydrogen-bond acceptors (Lipinski definition) is 7. The summed E-state index contributed by atoms with van der Waals surface area (Å²) in [6.45, 7) is 2.63. The molecule has 32 heavy (non-hydrogen) atoms. The van der Waals surface area contributed by atoms with Gasteiger partial charge in [-0.05, 0) is 42.8 Å². The van der Waals surface area contributed by atoms with E-state index in [2.05, 4.69) is 14.6 Å². The maximum absolute atomic E-state index is 12.9. The molecular formula is C21H24N4O5S2. The second kappa shape index (κ2) is 8.64. The molecule has 1 amide bonds. The Morgan fingerprint density at radius 3 is 2.47 bits per heavy atom. The summed E-state index contributed by atoms with van der Waals surface area (Å²) in [6.07, 6.45) is 1.85. The molecule has 0 radical (unpaired) electrons. The minimum absolute atomic E-state index is 0.156. The first kappa shape index (κ1) is 22.4. The number of amidine groups is 1. The Morgan fingerprint density at radius 1 is 1.03 bits per heavy atom. The fourth-order valence-electron chi connectivity index (χ4n) is 3.81. The van der Waals surface area contributed by atoms with Crippen molar-refractivity contribution in [2.75, 3.05) is 44.3 Å². The van der Waals surface area contributed by atoms with E-state index in [0.717, 1.165) is 12.7 Å². The van der Waals surface area contributed by atoms with E-state index in [0.29, 0.717) is 49.8 Å². The van der Waals surface area contributed by atoms with Crippen molar-refractivity contribution in [3.05, 3.63) is 54.1 Å². The maximum atomic E-state index is 12.9. The molecule has 11 heteroatoms. The molecule has 2 aromatic carbocycles. The third-order valence-corrected chi connectivity index (χ3v) is 7.95. The zero-order valence-electron chi connectivity index (χ0n) is 17.6. The highest BCUT2D eigenvalue weighted by Crippen LogP contribution is 2.26. The van der Waals surface area contributed by atoms with Gasteiger partial charge in [-0.1, -0.05) is 12.1 Å². The molecule has 1 saturated heterocycles. The third kappa shape index (κ3) is 4.84. The van der Waals surface area contributed by atoms with E-state index in [1.54, 1.807) is 23.1 Å². The van der Waals surface area contributed by atoms with Gasteiger partial charge in [0.1, 0.15) is 10.7 Å². The Labute approximate surface area is 187 Å². The Kier molecular flexibility index (Phi) is 6.06. The van der Waals surface area contributed by atoms with Gasteiger partial charge in [0.05, 0.1) is 17.1 Å². The molecule has 1 fully saturated rings. The molecule has 2 heterocycles. The second-order valence-electron chi connectivity index (χ2n) is 7.85. The average molecular weight is 477 g/mol. The van der Waals surface area contributed by atoms with Crippen molar-refractivity contribution >= 4 is 37.3 Å². The van der Waals surface area contributed by atoms with Crippen LogP contribution < -0.4 is 5.32 Å². The van der Waals surface area contributed by atoms with Crippen molar-refractivity contribution < 1.29 is 21.6 Å². The summed E-state index contributed by atoms with van der Waals surface area (Å²) in [5.41, 5.74) is 0.952. The number of anilines is 1. The van der Waals surface area contributed by atoms with Crippen LogP contribution in [0.2, 0.25) is 0 Å². The molecule has 4 rings (SSSR count). The maximum Gasteiger partial charge on any atom is 0.286 e. The zero-order valence-corrected chi connectivity index (χ0v) is 19.2. The number of hydrogen-bond donors (Lipinski definition) is 1. The van der Waals surface area contributed by atoms with Crippen LogP contribution in [-0.2, 0) is 19.9 Å². The Hall–Kier alpha value is -2.76. The predicted octanol–water partition coefficient (Wildman–Crippen LogP) is 1.45. The van der Waals surface area contributed by atoms with Crippen LogP contribution in [0.25, 0.3) is 0 Å². The quantitative estimate of drug-likeness (QED) is 0.710. The largest absolute Gasteiger partial charge is 0.341 e. The number of nitrogens with zero attached hydrogens (tertiary/aromatic N) is 3. The van der Waals surface area contributed by atoms with Gasteiger partial charge in [0.2, 0.25) is 0 Å². The van der Waals surface area contributed by atoms with Crippen molar-refractivity contribution in [2.24, 2.45) is 4.40 Å². The molecule has 0 aromatic heterocycles. The van der Waals surface area contributed by atoms with E-state index in [9.17, 15) is 21.6 Å². The predicted molar refractivity (Wildman–Crippen MR) is 121 cm³/mol. The normalized spacial score (nSPS) is 18.8. The van der Waals surface area contributed by atoms with Gasteiger partial charge in [-0.2, -0.15) is 8.42 Å². The monoisotopic (exact) mass is 476 g/mol. The van der Waals surface area contributed by atoms with Crippen molar-refractivity contribution in [1.29, 1.82) is 0 Å². The molecule has 1 N–H and O–H groups in total. The molecule has 9 nitrogen and oxygen atoms in total. The lowest BCUT2D eigenvalue weighted by molar-refractivity contribution is 0.0762. The van der Waals surface area contributed by atoms with Gasteiger partial charge in [0, 0.05) is 38.0 Å². The standard InChI is InChI=1S/C21H24N4O5S2/c1-31(27,28)17-9-7-16(8-10-17)21(26)25-12-4-11-24(13-14-25)15-20-22-18-5-2-3-6-19(18)32(29,30)23-20/h2-3,5-10H,4,11-15H2,1H3,(H,22,23). The molecule has 2 aliphatic heterocycles. The summed E-state index contributed by atoms with van der Waals surface area (Å²) in [5, 5.41) is 3.10. The number of amides is 1. The van der Waals surface area contributed by atoms with Crippen molar-refractivity contribution in [3.8, 4) is 0 Å². The van der Waals surface area contributed by atoms with Crippen molar-refractivity contribution in [2.45, 2.75) is 16.2 Å². The smallest absolute Gasteiger partial charge is 0.286 e. The van der Waals surface area contributed by atoms with Gasteiger partial charge in [-0.25, -0.2) is 8.42 Å². The highest BCUT2D eigenvalue weighted by molar-refractivity contribution is 7.91. The number of fused-ring (bicyclic) bond motifs is 1. The lowest BCUT2D eigenvalue weighted by Gasteiger charge is -2.24. The number of rotatable bonds is 4. The third-order valence-electron chi connectivity index (χ3n) is 5.45. The molecule has 0 spiro atoms. The Balaban J connectivity index is 1.41. The van der Waals surface area contributed by atoms with Crippen LogP contribution in [0.3, 0.4) is 0 Å². The Bertz CT molecular complexity index is 1270. The molecule has 2 aromatic rings. The first-order valence-corrected chi connectivity index (χ1v) is 13.5. The summed E-state index contributed by atoms with van der Waals surface area (Å²) in [5.74, 6) is 0.205. The van der Waals surface area contributed by atoms with Crippen molar-refractivity contribution in [1.82, 2.24) is 9.80 Å². The van der Waals surface area contributed by atoms with Crippen LogP contribution >= 0.6 is 0 Å². The van der Waals surface area contributed by atoms with E-state index in [1.807, 2.05) is 0 Å². The summed E-state index contributed by atoms with van der Waals surface area (Å²) in [4.78, 5) is 17.0. The minimum atomic E-state index is -3.73. The second-order valence-corrected chi connectivity index (χ2v) is 11.4. The average Bonchev–Trinajstić information content (AvgIpc) is 2.98. The summed E-state index contributed by atoms with van der Waals surface area (Å²) >= 11 is 0. The summed E-state index contributed by atoms with van der Waals surface area (Å²) < 4.78 is 52.0. The van der Waals surface area contributed by atoms with Crippen LogP contribution in [0.1, 0.15) is 16.8 Å². The topological polar surface area (TPSA) is 116 Å². The van der Waals surface area contributed by atoms with E-state index < -0.39 is 19.9 Å². The van der Waals surface area contributed by atoms with Gasteiger partial charge in [-0.15, -0.1) is 4.40 Å². The molecule has 0 atom stereocenters. The number of sulfone groups is 1. The fourth-order valence-corrected chi connectivity index (χ4v) is 5.58. The number of para-hydroxylation sites is 1. The van der Waals surface area contributed by atoms with Gasteiger partial charge in [-0.3, -0.25) is 9.69 Å². The molecular weight excluding hydrogens is 452 g/mol. The van der Waals surface area contributed by atoms with E-state index in [1.165, 1.54) is 30.3 Å². The van der Waals surface area contributed by atoms with Crippen LogP contribution in [-0.4, -0.2) is 77.4 Å². The molecule has 0 aliphatic carbocycles. The molecule has 0 bridgehead atoms. The van der Waals surface area contributed by atoms with E-state index in [-0.39, 0.29) is 15.7 Å². The SMILES string of the molecule is CS(=O)(=O)c1ccc(C(=O)N2CCCN(CC3=NS(=O)(=O)c4ccccc4N3)CC2)cc1. The van der Waals surface area contributed by atoms with Gasteiger partial charge in [0.15, 0.2) is 9.84 Å². The number of carbonyl (C=O) groups excluding carboxylic acids is 1.